The first kappa shape index (κ1) is 14.3. The van der Waals surface area contributed by atoms with Crippen LogP contribution in [0.2, 0.25) is 0 Å². The van der Waals surface area contributed by atoms with Gasteiger partial charge in [-0.2, -0.15) is 5.10 Å². The third-order valence-corrected chi connectivity index (χ3v) is 4.04. The van der Waals surface area contributed by atoms with Crippen LogP contribution in [-0.4, -0.2) is 30.1 Å². The maximum Gasteiger partial charge on any atom is 0.165 e. The van der Waals surface area contributed by atoms with Crippen LogP contribution in [-0.2, 0) is 0 Å². The molecule has 6 heteroatoms. The van der Waals surface area contributed by atoms with E-state index in [9.17, 15) is 0 Å². The van der Waals surface area contributed by atoms with Gasteiger partial charge in [-0.25, -0.2) is 14.5 Å². The molecule has 1 atom stereocenters. The van der Waals surface area contributed by atoms with Crippen LogP contribution in [0.5, 0.6) is 0 Å². The summed E-state index contributed by atoms with van der Waals surface area (Å²) >= 11 is 0. The van der Waals surface area contributed by atoms with Crippen molar-refractivity contribution in [1.29, 1.82) is 0 Å². The van der Waals surface area contributed by atoms with Crippen molar-refractivity contribution in [2.45, 2.75) is 12.0 Å². The van der Waals surface area contributed by atoms with E-state index >= 15 is 0 Å². The number of fused-ring (bicyclic) bond motifs is 1. The van der Waals surface area contributed by atoms with Gasteiger partial charge in [0, 0.05) is 18.6 Å². The number of rotatable bonds is 4. The van der Waals surface area contributed by atoms with Crippen molar-refractivity contribution >= 4 is 11.3 Å². The van der Waals surface area contributed by atoms with Gasteiger partial charge in [0.05, 0.1) is 29.0 Å². The fraction of sp³-hybridized carbons (Fsp3) is 0.111. The molecule has 118 valence electrons. The highest BCUT2D eigenvalue weighted by atomic mass is 15.2. The first-order chi connectivity index (χ1) is 11.8. The first-order valence-electron chi connectivity index (χ1n) is 7.67. The van der Waals surface area contributed by atoms with Gasteiger partial charge in [0.25, 0.3) is 0 Å². The minimum Gasteiger partial charge on any atom is -0.357 e. The lowest BCUT2D eigenvalue weighted by Gasteiger charge is -2.29. The Hall–Kier alpha value is -3.28. The van der Waals surface area contributed by atoms with Crippen molar-refractivity contribution in [2.24, 2.45) is 0 Å². The summed E-state index contributed by atoms with van der Waals surface area (Å²) in [6.45, 7) is 3.95. The van der Waals surface area contributed by atoms with E-state index in [1.54, 1.807) is 35.5 Å². The Morgan fingerprint density at radius 3 is 3.04 bits per heavy atom. The van der Waals surface area contributed by atoms with E-state index in [0.29, 0.717) is 5.82 Å². The van der Waals surface area contributed by atoms with Crippen LogP contribution in [0.4, 0.5) is 5.82 Å². The number of nitrogens with zero attached hydrogens (tertiary/aromatic N) is 5. The van der Waals surface area contributed by atoms with Gasteiger partial charge in [0.1, 0.15) is 5.82 Å². The van der Waals surface area contributed by atoms with E-state index in [0.717, 1.165) is 23.3 Å². The van der Waals surface area contributed by atoms with Gasteiger partial charge in [0.15, 0.2) is 5.82 Å². The molecule has 0 aromatic carbocycles. The fourth-order valence-corrected chi connectivity index (χ4v) is 2.74. The third-order valence-electron chi connectivity index (χ3n) is 4.04. The lowest BCUT2D eigenvalue weighted by Crippen LogP contribution is -2.34. The molecule has 1 N–H and O–H groups in total. The van der Waals surface area contributed by atoms with Crippen LogP contribution in [0.25, 0.3) is 16.9 Å². The highest BCUT2D eigenvalue weighted by molar-refractivity contribution is 5.75. The summed E-state index contributed by atoms with van der Waals surface area (Å²) in [7, 11) is 0. The van der Waals surface area contributed by atoms with Crippen LogP contribution in [0, 0.1) is 0 Å². The minimum absolute atomic E-state index is 0.330. The molecule has 1 aliphatic carbocycles. The molecule has 3 aromatic heterocycles. The molecule has 1 aliphatic rings. The Morgan fingerprint density at radius 1 is 1.25 bits per heavy atom. The number of aromatic nitrogens is 5. The largest absolute Gasteiger partial charge is 0.357 e. The smallest absolute Gasteiger partial charge is 0.165 e. The lowest BCUT2D eigenvalue weighted by atomic mass is 9.91. The van der Waals surface area contributed by atoms with E-state index in [1.165, 1.54) is 0 Å². The second-order valence-electron chi connectivity index (χ2n) is 5.59. The van der Waals surface area contributed by atoms with Crippen LogP contribution >= 0.6 is 0 Å². The maximum atomic E-state index is 4.64. The summed E-state index contributed by atoms with van der Waals surface area (Å²) in [5, 5.41) is 7.75. The van der Waals surface area contributed by atoms with Crippen LogP contribution in [0.15, 0.2) is 74.0 Å². The minimum atomic E-state index is -0.330. The van der Waals surface area contributed by atoms with Crippen LogP contribution < -0.4 is 5.32 Å². The van der Waals surface area contributed by atoms with E-state index in [4.69, 9.17) is 0 Å². The number of anilines is 1. The molecule has 0 amide bonds. The van der Waals surface area contributed by atoms with Gasteiger partial charge in [-0.05, 0) is 12.5 Å². The van der Waals surface area contributed by atoms with Crippen molar-refractivity contribution in [3.8, 4) is 11.4 Å². The van der Waals surface area contributed by atoms with E-state index < -0.39 is 0 Å². The summed E-state index contributed by atoms with van der Waals surface area (Å²) in [4.78, 5) is 13.2. The Morgan fingerprint density at radius 2 is 2.21 bits per heavy atom. The van der Waals surface area contributed by atoms with Crippen molar-refractivity contribution in [3.05, 3.63) is 74.0 Å². The predicted molar refractivity (Wildman–Crippen MR) is 93.5 cm³/mol. The van der Waals surface area contributed by atoms with E-state index in [-0.39, 0.29) is 5.54 Å². The second kappa shape index (κ2) is 5.73. The Labute approximate surface area is 139 Å². The van der Waals surface area contributed by atoms with Crippen LogP contribution in [0.3, 0.4) is 0 Å². The van der Waals surface area contributed by atoms with E-state index in [1.807, 2.05) is 24.3 Å². The molecule has 0 saturated heterocycles. The molecule has 6 nitrogen and oxygen atoms in total. The molecular weight excluding hydrogens is 300 g/mol. The Balaban J connectivity index is 1.70. The monoisotopic (exact) mass is 316 g/mol. The normalized spacial score (nSPS) is 19.5. The van der Waals surface area contributed by atoms with Crippen molar-refractivity contribution in [2.75, 3.05) is 5.32 Å². The predicted octanol–water partition coefficient (Wildman–Crippen LogP) is 3.04. The van der Waals surface area contributed by atoms with Gasteiger partial charge in [-0.1, -0.05) is 30.4 Å². The van der Waals surface area contributed by atoms with E-state index in [2.05, 4.69) is 44.1 Å². The Bertz CT molecular complexity index is 955. The van der Waals surface area contributed by atoms with Gasteiger partial charge in [-0.3, -0.25) is 4.98 Å². The van der Waals surface area contributed by atoms with Crippen molar-refractivity contribution in [1.82, 2.24) is 24.6 Å². The standard InChI is InChI=1S/C18H16N6/c1-2-18(7-4-3-5-8-18)23-16-6-9-20-17(22-16)14-12-21-24-11-10-19-13-15(14)24/h2-7,9-13H,1,8H2,(H,20,22,23)/t18-/m0/s1. The SMILES string of the molecule is C=C[C@]1(Nc2ccnc(-c3cnn4ccncc34)n2)C=CC=CC1. The highest BCUT2D eigenvalue weighted by Gasteiger charge is 2.23. The summed E-state index contributed by atoms with van der Waals surface area (Å²) in [5.41, 5.74) is 1.38. The third kappa shape index (κ3) is 2.48. The number of allylic oxidation sites excluding steroid dienone is 2. The number of hydrogen-bond donors (Lipinski definition) is 1. The summed E-state index contributed by atoms with van der Waals surface area (Å²) in [6.07, 6.45) is 19.7. The maximum absolute atomic E-state index is 4.64. The molecule has 0 radical (unpaired) electrons. The zero-order valence-electron chi connectivity index (χ0n) is 13.0. The molecule has 3 heterocycles. The molecule has 24 heavy (non-hydrogen) atoms. The molecule has 3 aromatic rings. The second-order valence-corrected chi connectivity index (χ2v) is 5.59. The summed E-state index contributed by atoms with van der Waals surface area (Å²) in [6, 6.07) is 1.85. The fourth-order valence-electron chi connectivity index (χ4n) is 2.74. The zero-order chi connectivity index (χ0) is 16.4. The summed E-state index contributed by atoms with van der Waals surface area (Å²) < 4.78 is 1.76. The molecule has 4 rings (SSSR count). The number of hydrogen-bond acceptors (Lipinski definition) is 5. The van der Waals surface area contributed by atoms with Gasteiger partial charge < -0.3 is 5.32 Å². The van der Waals surface area contributed by atoms with Gasteiger partial charge in [0.2, 0.25) is 0 Å². The average Bonchev–Trinajstić information content (AvgIpc) is 3.07. The lowest BCUT2D eigenvalue weighted by molar-refractivity contribution is 0.711. The first-order valence-corrected chi connectivity index (χ1v) is 7.67. The molecule has 0 saturated carbocycles. The van der Waals surface area contributed by atoms with Crippen LogP contribution in [0.1, 0.15) is 6.42 Å². The zero-order valence-corrected chi connectivity index (χ0v) is 13.0. The molecule has 0 spiro atoms. The van der Waals surface area contributed by atoms with Gasteiger partial charge >= 0.3 is 0 Å². The molecule has 0 aliphatic heterocycles. The van der Waals surface area contributed by atoms with Gasteiger partial charge in [-0.15, -0.1) is 6.58 Å². The molecule has 0 bridgehead atoms. The summed E-state index contributed by atoms with van der Waals surface area (Å²) in [5.74, 6) is 1.35. The highest BCUT2D eigenvalue weighted by Crippen LogP contribution is 2.26. The number of nitrogens with one attached hydrogen (secondary N) is 1. The van der Waals surface area contributed by atoms with Crippen molar-refractivity contribution < 1.29 is 0 Å². The topological polar surface area (TPSA) is 68.0 Å². The van der Waals surface area contributed by atoms with Crippen molar-refractivity contribution in [3.63, 3.8) is 0 Å². The molecule has 0 fully saturated rings. The molecular formula is C18H16N6. The Kier molecular flexibility index (Phi) is 3.42. The quantitative estimate of drug-likeness (QED) is 0.749. The average molecular weight is 316 g/mol. The molecule has 0 unspecified atom stereocenters.